The normalized spacial score (nSPS) is 15.2. The van der Waals surface area contributed by atoms with Crippen molar-refractivity contribution in [1.29, 1.82) is 0 Å². The predicted octanol–water partition coefficient (Wildman–Crippen LogP) is 1.60. The van der Waals surface area contributed by atoms with E-state index in [1.54, 1.807) is 0 Å². The molecule has 0 aliphatic carbocycles. The second-order valence-corrected chi connectivity index (χ2v) is 5.98. The molecule has 1 aliphatic rings. The van der Waals surface area contributed by atoms with E-state index < -0.39 is 0 Å². The molecule has 0 aromatic heterocycles. The van der Waals surface area contributed by atoms with Crippen molar-refractivity contribution in [2.24, 2.45) is 5.73 Å². The van der Waals surface area contributed by atoms with Crippen molar-refractivity contribution < 1.29 is 14.3 Å². The summed E-state index contributed by atoms with van der Waals surface area (Å²) >= 11 is 0. The van der Waals surface area contributed by atoms with Crippen molar-refractivity contribution in [1.82, 2.24) is 10.2 Å². The number of nitrogens with zero attached hydrogens (tertiary/aromatic N) is 1. The van der Waals surface area contributed by atoms with Gasteiger partial charge in [-0.2, -0.15) is 0 Å². The second kappa shape index (κ2) is 9.27. The lowest BCUT2D eigenvalue weighted by molar-refractivity contribution is -0.132. The number of hydrogen-bond acceptors (Lipinski definition) is 4. The summed E-state index contributed by atoms with van der Waals surface area (Å²) in [6.45, 7) is 3.99. The summed E-state index contributed by atoms with van der Waals surface area (Å²) in [5.41, 5.74) is 6.32. The molecule has 0 radical (unpaired) electrons. The fourth-order valence-corrected chi connectivity index (χ4v) is 2.89. The van der Waals surface area contributed by atoms with Gasteiger partial charge in [-0.3, -0.25) is 9.59 Å². The van der Waals surface area contributed by atoms with Gasteiger partial charge >= 0.3 is 0 Å². The van der Waals surface area contributed by atoms with Gasteiger partial charge in [0.2, 0.25) is 5.91 Å². The molecule has 2 rings (SSSR count). The summed E-state index contributed by atoms with van der Waals surface area (Å²) in [7, 11) is 0. The summed E-state index contributed by atoms with van der Waals surface area (Å²) < 4.78 is 5.77. The SMILES string of the molecule is CCC(NC(=O)CCN)c1ccccc1OCC(=O)N1CCCC1. The fourth-order valence-electron chi connectivity index (χ4n) is 2.89. The number of nitrogens with two attached hydrogens (primary N) is 1. The quantitative estimate of drug-likeness (QED) is 0.757. The number of hydrogen-bond donors (Lipinski definition) is 2. The van der Waals surface area contributed by atoms with Gasteiger partial charge in [-0.05, 0) is 25.3 Å². The van der Waals surface area contributed by atoms with Crippen molar-refractivity contribution in [2.75, 3.05) is 26.2 Å². The highest BCUT2D eigenvalue weighted by molar-refractivity contribution is 5.78. The van der Waals surface area contributed by atoms with Crippen molar-refractivity contribution in [3.63, 3.8) is 0 Å². The smallest absolute Gasteiger partial charge is 0.260 e. The largest absolute Gasteiger partial charge is 0.483 e. The first kappa shape index (κ1) is 18.3. The molecule has 1 saturated heterocycles. The van der Waals surface area contributed by atoms with Crippen molar-refractivity contribution in [3.05, 3.63) is 29.8 Å². The van der Waals surface area contributed by atoms with Crippen molar-refractivity contribution in [2.45, 2.75) is 38.6 Å². The molecule has 0 saturated carbocycles. The highest BCUT2D eigenvalue weighted by Crippen LogP contribution is 2.27. The summed E-state index contributed by atoms with van der Waals surface area (Å²) in [6.07, 6.45) is 3.16. The fraction of sp³-hybridized carbons (Fsp3) is 0.556. The van der Waals surface area contributed by atoms with E-state index in [-0.39, 0.29) is 24.5 Å². The van der Waals surface area contributed by atoms with Gasteiger partial charge in [0.15, 0.2) is 6.61 Å². The zero-order valence-corrected chi connectivity index (χ0v) is 14.3. The number of rotatable bonds is 8. The van der Waals surface area contributed by atoms with Gasteiger partial charge in [0.1, 0.15) is 5.75 Å². The molecule has 0 bridgehead atoms. The van der Waals surface area contributed by atoms with E-state index >= 15 is 0 Å². The third kappa shape index (κ3) is 4.96. The van der Waals surface area contributed by atoms with Crippen LogP contribution in [0.3, 0.4) is 0 Å². The third-order valence-corrected chi connectivity index (χ3v) is 4.22. The van der Waals surface area contributed by atoms with E-state index in [9.17, 15) is 9.59 Å². The van der Waals surface area contributed by atoms with Crippen LogP contribution in [0.15, 0.2) is 24.3 Å². The molecule has 2 amide bonds. The minimum Gasteiger partial charge on any atom is -0.483 e. The highest BCUT2D eigenvalue weighted by Gasteiger charge is 2.20. The summed E-state index contributed by atoms with van der Waals surface area (Å²) in [5.74, 6) is 0.583. The number of benzene rings is 1. The van der Waals surface area contributed by atoms with Gasteiger partial charge in [0.05, 0.1) is 6.04 Å². The highest BCUT2D eigenvalue weighted by atomic mass is 16.5. The topological polar surface area (TPSA) is 84.7 Å². The molecular weight excluding hydrogens is 306 g/mol. The molecule has 1 heterocycles. The molecule has 6 nitrogen and oxygen atoms in total. The Morgan fingerprint density at radius 2 is 2.00 bits per heavy atom. The van der Waals surface area contributed by atoms with Crippen LogP contribution in [0.5, 0.6) is 5.75 Å². The monoisotopic (exact) mass is 333 g/mol. The molecule has 1 fully saturated rings. The standard InChI is InChI=1S/C18H27N3O3/c1-2-15(20-17(22)9-10-19)14-7-3-4-8-16(14)24-13-18(23)21-11-5-6-12-21/h3-4,7-8,15H,2,5-6,9-13,19H2,1H3,(H,20,22). The first-order valence-corrected chi connectivity index (χ1v) is 8.64. The number of carbonyl (C=O) groups excluding carboxylic acids is 2. The van der Waals surface area contributed by atoms with Gasteiger partial charge in [-0.1, -0.05) is 25.1 Å². The van der Waals surface area contributed by atoms with E-state index in [4.69, 9.17) is 10.5 Å². The first-order valence-electron chi connectivity index (χ1n) is 8.64. The molecule has 1 aliphatic heterocycles. The molecule has 1 aromatic rings. The van der Waals surface area contributed by atoms with Crippen LogP contribution in [0.25, 0.3) is 0 Å². The van der Waals surface area contributed by atoms with E-state index in [1.807, 2.05) is 36.1 Å². The summed E-state index contributed by atoms with van der Waals surface area (Å²) in [5, 5.41) is 2.97. The van der Waals surface area contributed by atoms with Crippen LogP contribution in [0.2, 0.25) is 0 Å². The maximum absolute atomic E-state index is 12.1. The number of ether oxygens (including phenoxy) is 1. The van der Waals surface area contributed by atoms with Crippen LogP contribution >= 0.6 is 0 Å². The minimum absolute atomic E-state index is 0.0162. The lowest BCUT2D eigenvalue weighted by Gasteiger charge is -2.21. The minimum atomic E-state index is -0.151. The zero-order valence-electron chi connectivity index (χ0n) is 14.3. The molecule has 132 valence electrons. The molecule has 0 spiro atoms. The average Bonchev–Trinajstić information content (AvgIpc) is 3.13. The maximum atomic E-state index is 12.1. The summed E-state index contributed by atoms with van der Waals surface area (Å²) in [6, 6.07) is 7.38. The number of likely N-dealkylation sites (tertiary alicyclic amines) is 1. The Hall–Kier alpha value is -2.08. The Bertz CT molecular complexity index is 556. The van der Waals surface area contributed by atoms with E-state index in [0.29, 0.717) is 18.7 Å². The van der Waals surface area contributed by atoms with E-state index in [1.165, 1.54) is 0 Å². The molecular formula is C18H27N3O3. The Morgan fingerprint density at radius 3 is 2.67 bits per heavy atom. The number of amides is 2. The van der Waals surface area contributed by atoms with Gasteiger partial charge in [0.25, 0.3) is 5.91 Å². The lowest BCUT2D eigenvalue weighted by atomic mass is 10.0. The Balaban J connectivity index is 2.02. The Morgan fingerprint density at radius 1 is 1.29 bits per heavy atom. The average molecular weight is 333 g/mol. The number of para-hydroxylation sites is 1. The predicted molar refractivity (Wildman–Crippen MR) is 92.6 cm³/mol. The van der Waals surface area contributed by atoms with Crippen LogP contribution in [-0.2, 0) is 9.59 Å². The van der Waals surface area contributed by atoms with Crippen LogP contribution in [0.1, 0.15) is 44.2 Å². The van der Waals surface area contributed by atoms with E-state index in [0.717, 1.165) is 37.9 Å². The third-order valence-electron chi connectivity index (χ3n) is 4.22. The lowest BCUT2D eigenvalue weighted by Crippen LogP contribution is -2.33. The Kier molecular flexibility index (Phi) is 7.06. The van der Waals surface area contributed by atoms with Crippen LogP contribution in [0.4, 0.5) is 0 Å². The van der Waals surface area contributed by atoms with Crippen LogP contribution in [-0.4, -0.2) is 43.0 Å². The molecule has 6 heteroatoms. The molecule has 1 atom stereocenters. The molecule has 3 N–H and O–H groups in total. The number of nitrogens with one attached hydrogen (secondary N) is 1. The van der Waals surface area contributed by atoms with Gasteiger partial charge < -0.3 is 20.7 Å². The van der Waals surface area contributed by atoms with Gasteiger partial charge in [-0.15, -0.1) is 0 Å². The van der Waals surface area contributed by atoms with Crippen LogP contribution in [0, 0.1) is 0 Å². The van der Waals surface area contributed by atoms with Crippen LogP contribution < -0.4 is 15.8 Å². The molecule has 1 aromatic carbocycles. The maximum Gasteiger partial charge on any atom is 0.260 e. The van der Waals surface area contributed by atoms with Gasteiger partial charge in [-0.25, -0.2) is 0 Å². The molecule has 1 unspecified atom stereocenters. The van der Waals surface area contributed by atoms with Crippen molar-refractivity contribution >= 4 is 11.8 Å². The molecule has 24 heavy (non-hydrogen) atoms. The first-order chi connectivity index (χ1) is 11.7. The van der Waals surface area contributed by atoms with Crippen molar-refractivity contribution in [3.8, 4) is 5.75 Å². The second-order valence-electron chi connectivity index (χ2n) is 5.98. The van der Waals surface area contributed by atoms with Gasteiger partial charge in [0, 0.05) is 31.6 Å². The van der Waals surface area contributed by atoms with E-state index in [2.05, 4.69) is 5.32 Å². The zero-order chi connectivity index (χ0) is 17.4. The Labute approximate surface area is 143 Å². The number of carbonyl (C=O) groups is 2. The summed E-state index contributed by atoms with van der Waals surface area (Å²) in [4.78, 5) is 25.8.